The largest absolute Gasteiger partial charge is 0.416 e. The van der Waals surface area contributed by atoms with Gasteiger partial charge in [-0.2, -0.15) is 13.2 Å². The van der Waals surface area contributed by atoms with Crippen molar-refractivity contribution in [1.82, 2.24) is 10.2 Å². The first-order valence-electron chi connectivity index (χ1n) is 15.0. The number of hydrogen-bond donors (Lipinski definition) is 2. The summed E-state index contributed by atoms with van der Waals surface area (Å²) in [5.41, 5.74) is 1.75. The van der Waals surface area contributed by atoms with Crippen molar-refractivity contribution in [3.05, 3.63) is 95.1 Å². The molecule has 2 amide bonds. The Kier molecular flexibility index (Phi) is 10.0. The zero-order chi connectivity index (χ0) is 33.1. The maximum atomic E-state index is 13.2. The number of nitrogens with zero attached hydrogens (tertiary/aromatic N) is 2. The topological polar surface area (TPSA) is 116 Å². The molecule has 2 heterocycles. The normalized spacial score (nSPS) is 19.7. The molecule has 9 nitrogen and oxygen atoms in total. The van der Waals surface area contributed by atoms with Gasteiger partial charge in [-0.15, -0.1) is 0 Å². The Morgan fingerprint density at radius 2 is 1.72 bits per heavy atom. The van der Waals surface area contributed by atoms with Crippen LogP contribution in [-0.2, 0) is 25.5 Å². The highest BCUT2D eigenvalue weighted by molar-refractivity contribution is 7.91. The van der Waals surface area contributed by atoms with Crippen molar-refractivity contribution < 1.29 is 41.0 Å². The van der Waals surface area contributed by atoms with Gasteiger partial charge in [-0.05, 0) is 66.1 Å². The van der Waals surface area contributed by atoms with Crippen LogP contribution in [0, 0.1) is 0 Å². The number of ether oxygens (including phenoxy) is 1. The summed E-state index contributed by atoms with van der Waals surface area (Å²) in [6, 6.07) is 17.2. The predicted octanol–water partition coefficient (Wildman–Crippen LogP) is 4.18. The molecule has 2 saturated heterocycles. The van der Waals surface area contributed by atoms with Crippen LogP contribution in [-0.4, -0.2) is 81.5 Å². The third-order valence-corrected chi connectivity index (χ3v) is 10.4. The molecule has 2 fully saturated rings. The van der Waals surface area contributed by atoms with Crippen LogP contribution in [0.4, 0.5) is 18.9 Å². The lowest BCUT2D eigenvalue weighted by molar-refractivity contribution is -0.142. The second kappa shape index (κ2) is 13.8. The van der Waals surface area contributed by atoms with E-state index in [1.807, 2.05) is 0 Å². The minimum Gasteiger partial charge on any atom is -0.394 e. The number of anilines is 1. The Morgan fingerprint density at radius 1 is 1.04 bits per heavy atom. The molecule has 0 aromatic heterocycles. The first-order chi connectivity index (χ1) is 21.9. The molecule has 0 aliphatic carbocycles. The van der Waals surface area contributed by atoms with E-state index in [0.717, 1.165) is 23.4 Å². The number of carbonyl (C=O) groups is 2. The van der Waals surface area contributed by atoms with Gasteiger partial charge in [0.25, 0.3) is 5.91 Å². The highest BCUT2D eigenvalue weighted by atomic mass is 32.2. The molecule has 3 atom stereocenters. The van der Waals surface area contributed by atoms with E-state index in [0.29, 0.717) is 43.8 Å². The van der Waals surface area contributed by atoms with Crippen molar-refractivity contribution in [2.45, 2.75) is 42.4 Å². The van der Waals surface area contributed by atoms with Gasteiger partial charge in [0.1, 0.15) is 6.61 Å². The van der Waals surface area contributed by atoms with Gasteiger partial charge in [-0.3, -0.25) is 9.59 Å². The SMILES string of the molecule is CCS(=O)(=O)c1ccc([C@H](CO)NC(=O)c2ccc(N3CC(c4ccc(C(F)(F)F)cc4)C[C@H]3CN3CCOCC3=O)cc2)cc1. The maximum Gasteiger partial charge on any atom is 0.416 e. The third-order valence-electron chi connectivity index (χ3n) is 8.61. The molecule has 246 valence electrons. The second-order valence-electron chi connectivity index (χ2n) is 11.5. The number of aliphatic hydroxyl groups excluding tert-OH is 1. The standard InChI is InChI=1S/C33H36F3N3O6S/c1-2-46(43,44)29-13-7-23(8-14-29)30(20-40)37-32(42)24-5-11-27(12-6-24)39-18-25(22-3-9-26(10-4-22)33(34,35)36)17-28(39)19-38-15-16-45-21-31(38)41/h3-14,25,28,30,40H,2,15-21H2,1H3,(H,37,42)/t25?,28-,30-/m0/s1. The summed E-state index contributed by atoms with van der Waals surface area (Å²) in [4.78, 5) is 29.7. The summed E-state index contributed by atoms with van der Waals surface area (Å²) in [5.74, 6) is -0.663. The fourth-order valence-electron chi connectivity index (χ4n) is 5.94. The van der Waals surface area contributed by atoms with Crippen LogP contribution in [0.1, 0.15) is 52.4 Å². The zero-order valence-corrected chi connectivity index (χ0v) is 26.1. The summed E-state index contributed by atoms with van der Waals surface area (Å²) in [7, 11) is -3.39. The van der Waals surface area contributed by atoms with Crippen LogP contribution < -0.4 is 10.2 Å². The van der Waals surface area contributed by atoms with E-state index in [-0.39, 0.29) is 35.1 Å². The van der Waals surface area contributed by atoms with Gasteiger partial charge in [0.2, 0.25) is 5.91 Å². The number of nitrogens with one attached hydrogen (secondary N) is 1. The molecule has 13 heteroatoms. The molecule has 2 aliphatic heterocycles. The van der Waals surface area contributed by atoms with Crippen molar-refractivity contribution >= 4 is 27.3 Å². The molecule has 0 spiro atoms. The molecule has 46 heavy (non-hydrogen) atoms. The number of rotatable bonds is 10. The van der Waals surface area contributed by atoms with Crippen molar-refractivity contribution in [3.8, 4) is 0 Å². The van der Waals surface area contributed by atoms with Crippen LogP contribution in [0.3, 0.4) is 0 Å². The van der Waals surface area contributed by atoms with Gasteiger partial charge >= 0.3 is 6.18 Å². The van der Waals surface area contributed by atoms with Gasteiger partial charge in [0.05, 0.1) is 35.5 Å². The first kappa shape index (κ1) is 33.4. The summed E-state index contributed by atoms with van der Waals surface area (Å²) in [6.45, 7) is 2.99. The number of benzene rings is 3. The monoisotopic (exact) mass is 659 g/mol. The van der Waals surface area contributed by atoms with E-state index in [1.54, 1.807) is 48.2 Å². The average molecular weight is 660 g/mol. The van der Waals surface area contributed by atoms with Crippen LogP contribution >= 0.6 is 0 Å². The van der Waals surface area contributed by atoms with Crippen LogP contribution in [0.25, 0.3) is 0 Å². The summed E-state index contributed by atoms with van der Waals surface area (Å²) >= 11 is 0. The maximum absolute atomic E-state index is 13.2. The fraction of sp³-hybridized carbons (Fsp3) is 0.394. The average Bonchev–Trinajstić information content (AvgIpc) is 3.48. The van der Waals surface area contributed by atoms with E-state index in [9.17, 15) is 36.3 Å². The summed E-state index contributed by atoms with van der Waals surface area (Å²) in [6.07, 6.45) is -3.80. The number of hydrogen-bond acceptors (Lipinski definition) is 7. The molecule has 0 saturated carbocycles. The molecule has 2 aliphatic rings. The smallest absolute Gasteiger partial charge is 0.394 e. The fourth-order valence-corrected chi connectivity index (χ4v) is 6.83. The van der Waals surface area contributed by atoms with Gasteiger partial charge in [0, 0.05) is 42.8 Å². The quantitative estimate of drug-likeness (QED) is 0.336. The van der Waals surface area contributed by atoms with Gasteiger partial charge < -0.3 is 25.0 Å². The molecular weight excluding hydrogens is 623 g/mol. The molecule has 3 aromatic rings. The van der Waals surface area contributed by atoms with Crippen molar-refractivity contribution in [2.75, 3.05) is 50.1 Å². The minimum absolute atomic E-state index is 0.00960. The number of carbonyl (C=O) groups excluding carboxylic acids is 2. The van der Waals surface area contributed by atoms with E-state index >= 15 is 0 Å². The molecule has 3 aromatic carbocycles. The predicted molar refractivity (Wildman–Crippen MR) is 165 cm³/mol. The number of amides is 2. The Bertz CT molecular complexity index is 1630. The van der Waals surface area contributed by atoms with Crippen molar-refractivity contribution in [3.63, 3.8) is 0 Å². The van der Waals surface area contributed by atoms with Crippen molar-refractivity contribution in [1.29, 1.82) is 0 Å². The summed E-state index contributed by atoms with van der Waals surface area (Å²) < 4.78 is 69.0. The molecule has 1 unspecified atom stereocenters. The van der Waals surface area contributed by atoms with Crippen LogP contribution in [0.2, 0.25) is 0 Å². The number of morpholine rings is 1. The number of alkyl halides is 3. The molecule has 5 rings (SSSR count). The summed E-state index contributed by atoms with van der Waals surface area (Å²) in [5, 5.41) is 12.7. The lowest BCUT2D eigenvalue weighted by Crippen LogP contribution is -2.48. The molecule has 0 radical (unpaired) electrons. The lowest BCUT2D eigenvalue weighted by atomic mass is 9.95. The molecule has 2 N–H and O–H groups in total. The minimum atomic E-state index is -4.42. The van der Waals surface area contributed by atoms with E-state index in [1.165, 1.54) is 24.3 Å². The Labute approximate surface area is 265 Å². The van der Waals surface area contributed by atoms with Gasteiger partial charge in [-0.25, -0.2) is 8.42 Å². The molecular formula is C33H36F3N3O6S. The van der Waals surface area contributed by atoms with Gasteiger partial charge in [0.15, 0.2) is 9.84 Å². The Morgan fingerprint density at radius 3 is 2.30 bits per heavy atom. The zero-order valence-electron chi connectivity index (χ0n) is 25.2. The van der Waals surface area contributed by atoms with Crippen LogP contribution in [0.15, 0.2) is 77.7 Å². The molecule has 0 bridgehead atoms. The third kappa shape index (κ3) is 7.54. The number of halogens is 3. The number of aliphatic hydroxyl groups is 1. The van der Waals surface area contributed by atoms with E-state index in [4.69, 9.17) is 4.74 Å². The van der Waals surface area contributed by atoms with Gasteiger partial charge in [-0.1, -0.05) is 31.2 Å². The highest BCUT2D eigenvalue weighted by Gasteiger charge is 2.37. The lowest BCUT2D eigenvalue weighted by Gasteiger charge is -2.34. The number of sulfone groups is 1. The highest BCUT2D eigenvalue weighted by Crippen LogP contribution is 2.37. The Balaban J connectivity index is 1.32. The van der Waals surface area contributed by atoms with Crippen molar-refractivity contribution in [2.24, 2.45) is 0 Å². The van der Waals surface area contributed by atoms with E-state index < -0.39 is 40.1 Å². The van der Waals surface area contributed by atoms with E-state index in [2.05, 4.69) is 10.2 Å². The second-order valence-corrected chi connectivity index (χ2v) is 13.8. The van der Waals surface area contributed by atoms with Crippen LogP contribution in [0.5, 0.6) is 0 Å². The Hall–Kier alpha value is -3.94. The first-order valence-corrected chi connectivity index (χ1v) is 16.7.